The largest absolute Gasteiger partial charge is 0.503 e. The molecule has 30 heavy (non-hydrogen) atoms. The Hall–Kier alpha value is -3.26. The summed E-state index contributed by atoms with van der Waals surface area (Å²) in [7, 11) is 3.03. The summed E-state index contributed by atoms with van der Waals surface area (Å²) in [5.41, 5.74) is 0.582. The maximum atomic E-state index is 13.1. The summed E-state index contributed by atoms with van der Waals surface area (Å²) in [5.74, 6) is -0.706. The van der Waals surface area contributed by atoms with E-state index in [0.29, 0.717) is 23.7 Å². The molecule has 1 aromatic carbocycles. The van der Waals surface area contributed by atoms with Crippen molar-refractivity contribution in [1.29, 1.82) is 0 Å². The van der Waals surface area contributed by atoms with Gasteiger partial charge in [-0.1, -0.05) is 6.07 Å². The first-order chi connectivity index (χ1) is 14.5. The van der Waals surface area contributed by atoms with Crippen molar-refractivity contribution in [2.75, 3.05) is 27.4 Å². The molecule has 8 nitrogen and oxygen atoms in total. The molecule has 3 heterocycles. The third-order valence-corrected chi connectivity index (χ3v) is 5.44. The summed E-state index contributed by atoms with van der Waals surface area (Å²) < 4.78 is 21.6. The zero-order valence-electron chi connectivity index (χ0n) is 16.8. The van der Waals surface area contributed by atoms with Crippen molar-refractivity contribution in [2.24, 2.45) is 0 Å². The first-order valence-electron chi connectivity index (χ1n) is 9.71. The Morgan fingerprint density at radius 2 is 2.03 bits per heavy atom. The molecule has 2 aromatic rings. The number of Topliss-reactive ketones (excluding diaryl/α,β-unsaturated/α-hetero) is 1. The topological polar surface area (TPSA) is 98.4 Å². The summed E-state index contributed by atoms with van der Waals surface area (Å²) >= 11 is 0. The highest BCUT2D eigenvalue weighted by Crippen LogP contribution is 2.42. The van der Waals surface area contributed by atoms with Crippen LogP contribution in [0.2, 0.25) is 0 Å². The normalized spacial score (nSPS) is 21.4. The van der Waals surface area contributed by atoms with E-state index in [1.807, 2.05) is 0 Å². The summed E-state index contributed by atoms with van der Waals surface area (Å²) in [6.07, 6.45) is 2.94. The summed E-state index contributed by atoms with van der Waals surface area (Å²) in [4.78, 5) is 27.6. The van der Waals surface area contributed by atoms with Crippen LogP contribution in [0.15, 0.2) is 52.3 Å². The standard InChI is InChI=1S/C22H23NO7/c1-27-15-8-7-13(11-17(15)28-2)19-18(20(24)16-6-4-10-30-16)21(25)22(26)23(19)12-14-5-3-9-29-14/h4,6-8,10-11,14,19,25H,3,5,9,12H2,1-2H3/t14-,19+/m0/s1. The SMILES string of the molecule is COc1ccc([C@@H]2C(C(=O)c3ccco3)=C(O)C(=O)N2C[C@@H]2CCCO2)cc1OC. The number of rotatable bonds is 7. The van der Waals surface area contributed by atoms with Crippen LogP contribution in [0.25, 0.3) is 0 Å². The fraction of sp³-hybridized carbons (Fsp3) is 0.364. The molecule has 1 saturated heterocycles. The zero-order chi connectivity index (χ0) is 21.3. The van der Waals surface area contributed by atoms with Gasteiger partial charge in [-0.15, -0.1) is 0 Å². The number of nitrogens with zero attached hydrogens (tertiary/aromatic N) is 1. The second-order valence-corrected chi connectivity index (χ2v) is 7.18. The molecule has 2 aliphatic rings. The Labute approximate surface area is 173 Å². The summed E-state index contributed by atoms with van der Waals surface area (Å²) in [5, 5.41) is 10.7. The van der Waals surface area contributed by atoms with E-state index in [1.165, 1.54) is 31.4 Å². The van der Waals surface area contributed by atoms with E-state index in [9.17, 15) is 14.7 Å². The molecular weight excluding hydrogens is 390 g/mol. The van der Waals surface area contributed by atoms with Crippen LogP contribution in [0.5, 0.6) is 11.5 Å². The molecule has 1 amide bonds. The van der Waals surface area contributed by atoms with Gasteiger partial charge in [0.1, 0.15) is 0 Å². The second-order valence-electron chi connectivity index (χ2n) is 7.18. The molecule has 158 valence electrons. The van der Waals surface area contributed by atoms with Gasteiger partial charge in [-0.25, -0.2) is 0 Å². The number of carbonyl (C=O) groups excluding carboxylic acids is 2. The summed E-state index contributed by atoms with van der Waals surface area (Å²) in [6.45, 7) is 0.891. The number of aliphatic hydroxyl groups is 1. The van der Waals surface area contributed by atoms with Crippen LogP contribution < -0.4 is 9.47 Å². The minimum Gasteiger partial charge on any atom is -0.503 e. The monoisotopic (exact) mass is 413 g/mol. The van der Waals surface area contributed by atoms with E-state index in [2.05, 4.69) is 0 Å². The van der Waals surface area contributed by atoms with Crippen LogP contribution >= 0.6 is 0 Å². The fourth-order valence-electron chi connectivity index (χ4n) is 3.99. The Balaban J connectivity index is 1.79. The number of benzene rings is 1. The molecule has 0 radical (unpaired) electrons. The minimum absolute atomic E-state index is 0.0276. The van der Waals surface area contributed by atoms with Gasteiger partial charge in [-0.2, -0.15) is 0 Å². The first kappa shape index (κ1) is 20.0. The molecule has 0 bridgehead atoms. The van der Waals surface area contributed by atoms with Crippen molar-refractivity contribution in [1.82, 2.24) is 4.90 Å². The van der Waals surface area contributed by atoms with E-state index in [0.717, 1.165) is 12.8 Å². The number of carbonyl (C=O) groups is 2. The van der Waals surface area contributed by atoms with Gasteiger partial charge in [0.15, 0.2) is 23.0 Å². The highest BCUT2D eigenvalue weighted by atomic mass is 16.5. The van der Waals surface area contributed by atoms with Gasteiger partial charge in [-0.3, -0.25) is 9.59 Å². The lowest BCUT2D eigenvalue weighted by molar-refractivity contribution is -0.131. The molecule has 4 rings (SSSR count). The molecule has 8 heteroatoms. The lowest BCUT2D eigenvalue weighted by Gasteiger charge is -2.29. The van der Waals surface area contributed by atoms with E-state index in [4.69, 9.17) is 18.6 Å². The van der Waals surface area contributed by atoms with Gasteiger partial charge in [0.2, 0.25) is 5.78 Å². The average Bonchev–Trinajstić information content (AvgIpc) is 3.52. The number of aliphatic hydroxyl groups excluding tert-OH is 1. The second kappa shape index (κ2) is 8.23. The number of furan rings is 1. The lowest BCUT2D eigenvalue weighted by atomic mass is 9.94. The van der Waals surface area contributed by atoms with Crippen molar-refractivity contribution < 1.29 is 33.3 Å². The highest BCUT2D eigenvalue weighted by molar-refractivity contribution is 6.15. The molecule has 1 fully saturated rings. The Morgan fingerprint density at radius 1 is 1.23 bits per heavy atom. The molecule has 2 aliphatic heterocycles. The number of hydrogen-bond donors (Lipinski definition) is 1. The van der Waals surface area contributed by atoms with Crippen molar-refractivity contribution in [3.05, 3.63) is 59.3 Å². The van der Waals surface area contributed by atoms with Crippen LogP contribution in [0.4, 0.5) is 0 Å². The van der Waals surface area contributed by atoms with Crippen LogP contribution in [0.3, 0.4) is 0 Å². The quantitative estimate of drug-likeness (QED) is 0.697. The summed E-state index contributed by atoms with van der Waals surface area (Å²) in [6, 6.07) is 7.42. The van der Waals surface area contributed by atoms with Crippen LogP contribution in [-0.4, -0.2) is 55.2 Å². The van der Waals surface area contributed by atoms with Crippen LogP contribution in [0.1, 0.15) is 35.0 Å². The van der Waals surface area contributed by atoms with Gasteiger partial charge in [0, 0.05) is 13.2 Å². The first-order valence-corrected chi connectivity index (χ1v) is 9.71. The van der Waals surface area contributed by atoms with Gasteiger partial charge >= 0.3 is 0 Å². The number of ether oxygens (including phenoxy) is 3. The van der Waals surface area contributed by atoms with E-state index >= 15 is 0 Å². The van der Waals surface area contributed by atoms with E-state index in [1.54, 1.807) is 24.3 Å². The van der Waals surface area contributed by atoms with Gasteiger partial charge < -0.3 is 28.6 Å². The number of hydrogen-bond acceptors (Lipinski definition) is 7. The lowest BCUT2D eigenvalue weighted by Crippen LogP contribution is -2.37. The van der Waals surface area contributed by atoms with Gasteiger partial charge in [-0.05, 0) is 42.7 Å². The van der Waals surface area contributed by atoms with Crippen molar-refractivity contribution in [2.45, 2.75) is 25.0 Å². The van der Waals surface area contributed by atoms with Gasteiger partial charge in [0.05, 0.1) is 38.2 Å². The van der Waals surface area contributed by atoms with Crippen molar-refractivity contribution in [3.8, 4) is 11.5 Å². The molecule has 2 atom stereocenters. The number of methoxy groups -OCH3 is 2. The van der Waals surface area contributed by atoms with Gasteiger partial charge in [0.25, 0.3) is 5.91 Å². The molecular formula is C22H23NO7. The maximum absolute atomic E-state index is 13.1. The highest BCUT2D eigenvalue weighted by Gasteiger charge is 2.45. The molecule has 0 aliphatic carbocycles. The minimum atomic E-state index is -0.806. The third kappa shape index (κ3) is 3.43. The van der Waals surface area contributed by atoms with Crippen LogP contribution in [0, 0.1) is 0 Å². The number of ketones is 1. The van der Waals surface area contributed by atoms with E-state index < -0.39 is 23.5 Å². The predicted molar refractivity (Wildman–Crippen MR) is 106 cm³/mol. The zero-order valence-corrected chi connectivity index (χ0v) is 16.8. The van der Waals surface area contributed by atoms with Crippen LogP contribution in [-0.2, 0) is 9.53 Å². The molecule has 0 saturated carbocycles. The smallest absolute Gasteiger partial charge is 0.290 e. The van der Waals surface area contributed by atoms with Crippen molar-refractivity contribution in [3.63, 3.8) is 0 Å². The average molecular weight is 413 g/mol. The van der Waals surface area contributed by atoms with Crippen molar-refractivity contribution >= 4 is 11.7 Å². The Bertz CT molecular complexity index is 973. The fourth-order valence-corrected chi connectivity index (χ4v) is 3.99. The molecule has 0 unspecified atom stereocenters. The molecule has 1 N–H and O–H groups in total. The third-order valence-electron chi connectivity index (χ3n) is 5.44. The maximum Gasteiger partial charge on any atom is 0.290 e. The molecule has 1 aromatic heterocycles. The van der Waals surface area contributed by atoms with E-state index in [-0.39, 0.29) is 24.0 Å². The Morgan fingerprint density at radius 3 is 2.67 bits per heavy atom. The predicted octanol–water partition coefficient (Wildman–Crippen LogP) is 3.05. The number of amides is 1. The molecule has 0 spiro atoms. The Kier molecular flexibility index (Phi) is 5.50.